The Hall–Kier alpha value is -2.51. The van der Waals surface area contributed by atoms with Crippen LogP contribution in [0.1, 0.15) is 28.7 Å². The third kappa shape index (κ3) is 4.48. The van der Waals surface area contributed by atoms with Crippen LogP contribution in [-0.4, -0.2) is 37.4 Å². The molecule has 28 heavy (non-hydrogen) atoms. The zero-order valence-corrected chi connectivity index (χ0v) is 17.4. The molecule has 1 aromatic carbocycles. The number of nitrogens with zero attached hydrogens (tertiary/aromatic N) is 5. The largest absolute Gasteiger partial charge is 0.468 e. The number of rotatable bonds is 7. The predicted octanol–water partition coefficient (Wildman–Crippen LogP) is 4.02. The van der Waals surface area contributed by atoms with Gasteiger partial charge < -0.3 is 9.64 Å². The van der Waals surface area contributed by atoms with Crippen LogP contribution in [0.25, 0.3) is 0 Å². The van der Waals surface area contributed by atoms with Gasteiger partial charge in [-0.1, -0.05) is 29.3 Å². The van der Waals surface area contributed by atoms with Crippen molar-refractivity contribution >= 4 is 29.1 Å². The van der Waals surface area contributed by atoms with Crippen molar-refractivity contribution in [3.05, 3.63) is 63.7 Å². The molecule has 0 atom stereocenters. The third-order valence-electron chi connectivity index (χ3n) is 4.25. The van der Waals surface area contributed by atoms with Crippen molar-refractivity contribution in [2.75, 3.05) is 7.05 Å². The summed E-state index contributed by atoms with van der Waals surface area (Å²) in [6.07, 6.45) is 3.63. The van der Waals surface area contributed by atoms with Gasteiger partial charge in [0, 0.05) is 38.1 Å². The summed E-state index contributed by atoms with van der Waals surface area (Å²) in [4.78, 5) is 14.3. The molecule has 2 heterocycles. The fourth-order valence-electron chi connectivity index (χ4n) is 2.70. The second-order valence-electron chi connectivity index (χ2n) is 6.32. The number of para-hydroxylation sites is 1. The van der Waals surface area contributed by atoms with Crippen molar-refractivity contribution in [2.24, 2.45) is 0 Å². The van der Waals surface area contributed by atoms with Crippen molar-refractivity contribution in [2.45, 2.75) is 33.7 Å². The highest BCUT2D eigenvalue weighted by Crippen LogP contribution is 2.32. The van der Waals surface area contributed by atoms with Crippen molar-refractivity contribution < 1.29 is 9.53 Å². The number of ether oxygens (including phenoxy) is 1. The van der Waals surface area contributed by atoms with Gasteiger partial charge in [-0.3, -0.25) is 9.48 Å². The van der Waals surface area contributed by atoms with Crippen LogP contribution in [-0.2, 0) is 19.8 Å². The molecule has 0 aliphatic rings. The van der Waals surface area contributed by atoms with E-state index in [4.69, 9.17) is 27.9 Å². The first-order chi connectivity index (χ1) is 13.4. The highest BCUT2D eigenvalue weighted by molar-refractivity contribution is 6.37. The Morgan fingerprint density at radius 1 is 1.18 bits per heavy atom. The number of carbonyl (C=O) groups excluding carboxylic acids is 1. The van der Waals surface area contributed by atoms with Gasteiger partial charge in [0.05, 0.1) is 15.7 Å². The quantitative estimate of drug-likeness (QED) is 0.577. The molecule has 3 aromatic rings. The van der Waals surface area contributed by atoms with E-state index in [1.165, 1.54) is 4.68 Å². The summed E-state index contributed by atoms with van der Waals surface area (Å²) >= 11 is 12.2. The van der Waals surface area contributed by atoms with Crippen molar-refractivity contribution in [3.8, 4) is 5.75 Å². The highest BCUT2D eigenvalue weighted by Gasteiger charge is 2.17. The lowest BCUT2D eigenvalue weighted by Gasteiger charge is -2.15. The van der Waals surface area contributed by atoms with Crippen molar-refractivity contribution in [1.29, 1.82) is 0 Å². The zero-order valence-electron chi connectivity index (χ0n) is 15.9. The number of carbonyl (C=O) groups is 1. The number of hydrogen-bond donors (Lipinski definition) is 0. The molecule has 0 unspecified atom stereocenters. The van der Waals surface area contributed by atoms with Crippen LogP contribution in [0.3, 0.4) is 0 Å². The van der Waals surface area contributed by atoms with E-state index in [9.17, 15) is 4.79 Å². The molecule has 148 valence electrons. The lowest BCUT2D eigenvalue weighted by atomic mass is 10.2. The zero-order chi connectivity index (χ0) is 20.3. The lowest BCUT2D eigenvalue weighted by Crippen LogP contribution is -2.27. The number of aromatic nitrogens is 4. The van der Waals surface area contributed by atoms with E-state index < -0.39 is 0 Å². The second-order valence-corrected chi connectivity index (χ2v) is 7.14. The molecule has 0 radical (unpaired) electrons. The molecule has 3 rings (SSSR count). The monoisotopic (exact) mass is 421 g/mol. The maximum atomic E-state index is 12.7. The second kappa shape index (κ2) is 8.67. The minimum Gasteiger partial charge on any atom is -0.468 e. The number of halogens is 2. The molecule has 0 saturated carbocycles. The number of aryl methyl sites for hydroxylation is 2. The fourth-order valence-corrected chi connectivity index (χ4v) is 3.20. The minimum atomic E-state index is -0.182. The van der Waals surface area contributed by atoms with Crippen LogP contribution in [0.2, 0.25) is 10.0 Å². The van der Waals surface area contributed by atoms with E-state index in [0.717, 1.165) is 17.8 Å². The van der Waals surface area contributed by atoms with Gasteiger partial charge in [-0.25, -0.2) is 4.68 Å². The summed E-state index contributed by atoms with van der Waals surface area (Å²) in [5.41, 5.74) is 2.25. The molecule has 0 aliphatic heterocycles. The van der Waals surface area contributed by atoms with Crippen LogP contribution in [0.4, 0.5) is 0 Å². The smallest absolute Gasteiger partial charge is 0.274 e. The van der Waals surface area contributed by atoms with Gasteiger partial charge in [0.2, 0.25) is 0 Å². The molecule has 7 nitrogen and oxygen atoms in total. The summed E-state index contributed by atoms with van der Waals surface area (Å²) in [6, 6.07) is 6.78. The summed E-state index contributed by atoms with van der Waals surface area (Å²) in [5, 5.41) is 9.52. The Balaban J connectivity index is 1.64. The molecule has 0 fully saturated rings. The van der Waals surface area contributed by atoms with Gasteiger partial charge in [-0.05, 0) is 32.0 Å². The van der Waals surface area contributed by atoms with E-state index in [1.807, 2.05) is 24.7 Å². The molecule has 2 aromatic heterocycles. The van der Waals surface area contributed by atoms with Crippen LogP contribution in [0, 0.1) is 6.92 Å². The van der Waals surface area contributed by atoms with Crippen molar-refractivity contribution in [3.63, 3.8) is 0 Å². The number of benzene rings is 1. The van der Waals surface area contributed by atoms with Gasteiger partial charge in [0.1, 0.15) is 0 Å². The summed E-state index contributed by atoms with van der Waals surface area (Å²) in [7, 11) is 1.74. The van der Waals surface area contributed by atoms with Crippen LogP contribution in [0.5, 0.6) is 5.75 Å². The Morgan fingerprint density at radius 2 is 1.89 bits per heavy atom. The van der Waals surface area contributed by atoms with E-state index >= 15 is 0 Å². The molecule has 0 aliphatic carbocycles. The predicted molar refractivity (Wildman–Crippen MR) is 108 cm³/mol. The first-order valence-corrected chi connectivity index (χ1v) is 9.53. The van der Waals surface area contributed by atoms with Crippen LogP contribution in [0.15, 0.2) is 36.7 Å². The lowest BCUT2D eigenvalue weighted by molar-refractivity contribution is 0.0777. The summed E-state index contributed by atoms with van der Waals surface area (Å²) in [5.74, 6) is 0.202. The maximum Gasteiger partial charge on any atom is 0.274 e. The van der Waals surface area contributed by atoms with Gasteiger partial charge in [-0.15, -0.1) is 0 Å². The SMILES string of the molecule is CCn1cc(CN(C)C(=O)c2ccn(COc3c(Cl)cccc3Cl)n2)c(C)n1. The summed E-state index contributed by atoms with van der Waals surface area (Å²) < 4.78 is 9.01. The third-order valence-corrected chi connectivity index (χ3v) is 4.84. The topological polar surface area (TPSA) is 65.2 Å². The Kier molecular flexibility index (Phi) is 6.26. The normalized spacial score (nSPS) is 10.9. The molecule has 0 bridgehead atoms. The molecule has 9 heteroatoms. The standard InChI is InChI=1S/C19H21Cl2N5O2/c1-4-25-11-14(13(2)22-25)10-24(3)19(27)17-8-9-26(23-17)12-28-18-15(20)6-5-7-16(18)21/h5-9,11H,4,10,12H2,1-3H3. The number of amides is 1. The Labute approximate surface area is 173 Å². The van der Waals surface area contributed by atoms with Crippen LogP contribution < -0.4 is 4.74 Å². The van der Waals surface area contributed by atoms with Crippen molar-refractivity contribution in [1.82, 2.24) is 24.5 Å². The Morgan fingerprint density at radius 3 is 2.54 bits per heavy atom. The average Bonchev–Trinajstić information content (AvgIpc) is 3.27. The first-order valence-electron chi connectivity index (χ1n) is 8.77. The molecular weight excluding hydrogens is 401 g/mol. The maximum absolute atomic E-state index is 12.7. The molecular formula is C19H21Cl2N5O2. The molecule has 0 saturated heterocycles. The van der Waals surface area contributed by atoms with Gasteiger partial charge in [-0.2, -0.15) is 10.2 Å². The first kappa shape index (κ1) is 20.2. The van der Waals surface area contributed by atoms with Gasteiger partial charge in [0.15, 0.2) is 18.2 Å². The minimum absolute atomic E-state index is 0.0861. The van der Waals surface area contributed by atoms with E-state index in [-0.39, 0.29) is 12.6 Å². The summed E-state index contributed by atoms with van der Waals surface area (Å²) in [6.45, 7) is 5.30. The molecule has 0 N–H and O–H groups in total. The number of hydrogen-bond acceptors (Lipinski definition) is 4. The average molecular weight is 422 g/mol. The molecule has 0 spiro atoms. The fraction of sp³-hybridized carbons (Fsp3) is 0.316. The van der Waals surface area contributed by atoms with E-state index in [2.05, 4.69) is 10.2 Å². The van der Waals surface area contributed by atoms with E-state index in [1.54, 1.807) is 42.4 Å². The van der Waals surface area contributed by atoms with Gasteiger partial charge >= 0.3 is 0 Å². The van der Waals surface area contributed by atoms with Gasteiger partial charge in [0.25, 0.3) is 5.91 Å². The molecule has 1 amide bonds. The van der Waals surface area contributed by atoms with E-state index in [0.29, 0.717) is 28.0 Å². The van der Waals surface area contributed by atoms with Crippen LogP contribution >= 0.6 is 23.2 Å². The highest BCUT2D eigenvalue weighted by atomic mass is 35.5. The Bertz CT molecular complexity index is 962.